The van der Waals surface area contributed by atoms with Gasteiger partial charge in [-0.3, -0.25) is 9.59 Å². The summed E-state index contributed by atoms with van der Waals surface area (Å²) in [5.41, 5.74) is 0. The van der Waals surface area contributed by atoms with E-state index in [-0.39, 0.29) is 38.6 Å². The van der Waals surface area contributed by atoms with Crippen LogP contribution in [0.3, 0.4) is 0 Å². The fourth-order valence-corrected chi connectivity index (χ4v) is 7.06. The Morgan fingerprint density at radius 1 is 0.443 bits per heavy atom. The third-order valence-electron chi connectivity index (χ3n) is 11.3. The highest BCUT2D eigenvalue weighted by atomic mass is 16.7. The van der Waals surface area contributed by atoms with E-state index in [2.05, 4.69) is 123 Å². The Hall–Kier alpha value is -4.05. The molecule has 0 radical (unpaired) electrons. The molecule has 398 valence electrons. The highest BCUT2D eigenvalue weighted by Gasteiger charge is 2.22. The van der Waals surface area contributed by atoms with Crippen molar-refractivity contribution in [2.24, 2.45) is 0 Å². The first-order chi connectivity index (χ1) is 34.1. The molecule has 0 aliphatic carbocycles. The van der Waals surface area contributed by atoms with Gasteiger partial charge in [-0.2, -0.15) is 0 Å². The number of aliphatic carboxylic acids is 1. The van der Waals surface area contributed by atoms with Gasteiger partial charge in [0.2, 0.25) is 0 Å². The molecule has 0 N–H and O–H groups in total. The van der Waals surface area contributed by atoms with Crippen molar-refractivity contribution in [3.63, 3.8) is 0 Å². The number of carboxylic acid groups (broad SMARTS) is 1. The minimum Gasteiger partial charge on any atom is -0.545 e. The number of unbranched alkanes of at least 4 members (excludes halogenated alkanes) is 16. The Bertz CT molecular complexity index is 1510. The number of hydrogen-bond donors (Lipinski definition) is 0. The molecule has 0 aliphatic heterocycles. The van der Waals surface area contributed by atoms with E-state index in [0.717, 1.165) is 116 Å². The summed E-state index contributed by atoms with van der Waals surface area (Å²) in [6, 6.07) is 0. The van der Waals surface area contributed by atoms with Crippen LogP contribution in [0.1, 0.15) is 200 Å². The summed E-state index contributed by atoms with van der Waals surface area (Å²) in [6.07, 6.45) is 67.6. The maximum absolute atomic E-state index is 12.8. The molecule has 0 aromatic carbocycles. The predicted octanol–water partition coefficient (Wildman–Crippen LogP) is 14.6. The number of nitrogens with zero attached hydrogens (tertiary/aromatic N) is 1. The number of allylic oxidation sites excluding steroid dienone is 18. The minimum absolute atomic E-state index is 0.144. The van der Waals surface area contributed by atoms with Crippen molar-refractivity contribution in [3.05, 3.63) is 109 Å². The molecule has 2 atom stereocenters. The fraction of sp³-hybridized carbons (Fsp3) is 0.656. The molecule has 9 nitrogen and oxygen atoms in total. The molecule has 2 unspecified atom stereocenters. The van der Waals surface area contributed by atoms with Crippen LogP contribution in [0, 0.1) is 0 Å². The lowest BCUT2D eigenvalue weighted by molar-refractivity contribution is -0.870. The summed E-state index contributed by atoms with van der Waals surface area (Å²) >= 11 is 0. The van der Waals surface area contributed by atoms with Crippen LogP contribution in [0.5, 0.6) is 0 Å². The van der Waals surface area contributed by atoms with Gasteiger partial charge in [0, 0.05) is 12.8 Å². The quantitative estimate of drug-likeness (QED) is 0.0195. The van der Waals surface area contributed by atoms with Gasteiger partial charge in [0.05, 0.1) is 40.3 Å². The van der Waals surface area contributed by atoms with Crippen molar-refractivity contribution in [3.8, 4) is 0 Å². The Balaban J connectivity index is 4.01. The van der Waals surface area contributed by atoms with Gasteiger partial charge >= 0.3 is 11.9 Å². The number of carbonyl (C=O) groups excluding carboxylic acids is 3. The predicted molar refractivity (Wildman–Crippen MR) is 292 cm³/mol. The molecule has 0 spiro atoms. The van der Waals surface area contributed by atoms with Crippen LogP contribution in [-0.2, 0) is 33.3 Å². The Labute approximate surface area is 428 Å². The van der Waals surface area contributed by atoms with Crippen LogP contribution in [0.4, 0.5) is 0 Å². The highest BCUT2D eigenvalue weighted by Crippen LogP contribution is 2.14. The lowest BCUT2D eigenvalue weighted by Gasteiger charge is -2.26. The third-order valence-corrected chi connectivity index (χ3v) is 11.3. The average molecular weight is 976 g/mol. The second-order valence-electron chi connectivity index (χ2n) is 19.1. The van der Waals surface area contributed by atoms with E-state index >= 15 is 0 Å². The van der Waals surface area contributed by atoms with E-state index in [0.29, 0.717) is 17.4 Å². The fourth-order valence-electron chi connectivity index (χ4n) is 7.06. The van der Waals surface area contributed by atoms with E-state index in [1.54, 1.807) is 0 Å². The minimum atomic E-state index is -1.62. The summed E-state index contributed by atoms with van der Waals surface area (Å²) < 4.78 is 22.5. The highest BCUT2D eigenvalue weighted by molar-refractivity contribution is 5.70. The Morgan fingerprint density at radius 2 is 0.814 bits per heavy atom. The third kappa shape index (κ3) is 51.8. The zero-order valence-electron chi connectivity index (χ0n) is 45.1. The normalized spacial score (nSPS) is 13.7. The van der Waals surface area contributed by atoms with Crippen LogP contribution < -0.4 is 5.11 Å². The van der Waals surface area contributed by atoms with Gasteiger partial charge in [-0.25, -0.2) is 0 Å². The van der Waals surface area contributed by atoms with Gasteiger partial charge in [-0.15, -0.1) is 0 Å². The molecule has 0 saturated carbocycles. The monoisotopic (exact) mass is 976 g/mol. The van der Waals surface area contributed by atoms with E-state index in [9.17, 15) is 19.5 Å². The van der Waals surface area contributed by atoms with Gasteiger partial charge in [0.1, 0.15) is 13.2 Å². The van der Waals surface area contributed by atoms with E-state index < -0.39 is 24.3 Å². The number of likely N-dealkylation sites (N-methyl/N-ethyl adjacent to an activating group) is 1. The molecule has 0 heterocycles. The number of carboxylic acids is 1. The number of rotatable bonds is 49. The summed E-state index contributed by atoms with van der Waals surface area (Å²) in [6.45, 7) is 4.53. The maximum atomic E-state index is 12.8. The molecule has 0 fully saturated rings. The SMILES string of the molecule is CC/C=C\C/C=C\C/C=C\C/C=C\C/C=C\C/C=C\C/C=C\C/C=C\C/C=C\CCCCCCCCCCCCCC(=O)OC(COC(=O)CCCCCCCC)COC(OCC[N+](C)(C)C)C(=O)[O-]. The first-order valence-corrected chi connectivity index (χ1v) is 27.5. The summed E-state index contributed by atoms with van der Waals surface area (Å²) in [7, 11) is 5.90. The molecule has 0 rings (SSSR count). The lowest BCUT2D eigenvalue weighted by Crippen LogP contribution is -2.44. The number of hydrogen-bond acceptors (Lipinski definition) is 8. The van der Waals surface area contributed by atoms with Crippen molar-refractivity contribution in [1.29, 1.82) is 0 Å². The van der Waals surface area contributed by atoms with Gasteiger partial charge in [0.25, 0.3) is 0 Å². The molecule has 0 aliphatic rings. The maximum Gasteiger partial charge on any atom is 0.306 e. The average Bonchev–Trinajstić information content (AvgIpc) is 3.33. The van der Waals surface area contributed by atoms with Crippen LogP contribution >= 0.6 is 0 Å². The largest absolute Gasteiger partial charge is 0.545 e. The molecule has 0 bridgehead atoms. The second kappa shape index (κ2) is 51.3. The van der Waals surface area contributed by atoms with Crippen molar-refractivity contribution < 1.29 is 42.9 Å². The van der Waals surface area contributed by atoms with Crippen molar-refractivity contribution in [1.82, 2.24) is 0 Å². The number of carbonyl (C=O) groups is 3. The zero-order valence-corrected chi connectivity index (χ0v) is 45.1. The Kier molecular flexibility index (Phi) is 48.3. The van der Waals surface area contributed by atoms with E-state index in [1.165, 1.54) is 51.4 Å². The standard InChI is InChI=1S/C61H101NO8/c1-6-8-10-12-14-15-16-17-18-19-20-21-22-23-24-25-26-27-28-29-30-31-32-33-34-35-36-37-38-39-40-41-42-43-44-45-46-48-50-52-59(64)70-57(55-68-58(63)51-49-47-13-11-9-7-2)56-69-61(60(65)66)67-54-53-62(3,4)5/h8,10,14-15,17-18,20-21,23-24,26-27,29-30,32-33,35-36,57,61H,6-7,9,11-13,16,19,22,25,28,31,34,37-56H2,1-5H3/b10-8-,15-14-,18-17-,21-20-,24-23-,27-26-,30-29-,33-32-,36-35-. The topological polar surface area (TPSA) is 111 Å². The van der Waals surface area contributed by atoms with Crippen molar-refractivity contribution >= 4 is 17.9 Å². The van der Waals surface area contributed by atoms with Crippen LogP contribution in [0.2, 0.25) is 0 Å². The van der Waals surface area contributed by atoms with Gasteiger partial charge in [-0.1, -0.05) is 213 Å². The summed E-state index contributed by atoms with van der Waals surface area (Å²) in [5, 5.41) is 11.7. The second-order valence-corrected chi connectivity index (χ2v) is 19.1. The number of esters is 2. The van der Waals surface area contributed by atoms with Crippen LogP contribution in [-0.4, -0.2) is 82.3 Å². The molecule has 0 amide bonds. The molecule has 9 heteroatoms. The molecule has 70 heavy (non-hydrogen) atoms. The summed E-state index contributed by atoms with van der Waals surface area (Å²) in [4.78, 5) is 36.8. The number of quaternary nitrogens is 1. The van der Waals surface area contributed by atoms with Crippen molar-refractivity contribution in [2.75, 3.05) is 47.5 Å². The molecule has 0 aromatic rings. The zero-order chi connectivity index (χ0) is 51.3. The van der Waals surface area contributed by atoms with Crippen LogP contribution in [0.25, 0.3) is 0 Å². The van der Waals surface area contributed by atoms with Gasteiger partial charge in [-0.05, 0) is 83.5 Å². The molecule has 0 saturated heterocycles. The molecular formula is C61H101NO8. The number of ether oxygens (including phenoxy) is 4. The van der Waals surface area contributed by atoms with E-state index in [4.69, 9.17) is 18.9 Å². The molecular weight excluding hydrogens is 875 g/mol. The first kappa shape index (κ1) is 66.0. The molecule has 0 aromatic heterocycles. The Morgan fingerprint density at radius 3 is 1.21 bits per heavy atom. The van der Waals surface area contributed by atoms with E-state index in [1.807, 2.05) is 21.1 Å². The smallest absolute Gasteiger partial charge is 0.306 e. The van der Waals surface area contributed by atoms with Crippen molar-refractivity contribution in [2.45, 2.75) is 212 Å². The van der Waals surface area contributed by atoms with Gasteiger partial charge in [0.15, 0.2) is 12.4 Å². The van der Waals surface area contributed by atoms with Gasteiger partial charge < -0.3 is 33.3 Å². The van der Waals surface area contributed by atoms with Crippen LogP contribution in [0.15, 0.2) is 109 Å². The summed E-state index contributed by atoms with van der Waals surface area (Å²) in [5.74, 6) is -2.31. The lowest BCUT2D eigenvalue weighted by atomic mass is 10.0. The first-order valence-electron chi connectivity index (χ1n) is 27.5.